The van der Waals surface area contributed by atoms with Gasteiger partial charge in [0.2, 0.25) is 0 Å². The highest BCUT2D eigenvalue weighted by Gasteiger charge is 2.22. The normalized spacial score (nSPS) is 21.9. The number of halogens is 1. The third kappa shape index (κ3) is 4.41. The molecular weight excluding hydrogens is 269 g/mol. The number of anilines is 1. The van der Waals surface area contributed by atoms with Crippen molar-refractivity contribution in [2.75, 3.05) is 11.9 Å². The summed E-state index contributed by atoms with van der Waals surface area (Å²) < 4.78 is 13.4. The average molecular weight is 293 g/mol. The standard InChI is InChI=1S/C16H24FN3O/c1-3-7-18-15-14(9-12(17)10-19-15)16(21)20-13-6-4-5-11(2)8-13/h9-11,13H,3-8H2,1-2H3,(H,18,19)(H,20,21). The van der Waals surface area contributed by atoms with Crippen molar-refractivity contribution in [3.63, 3.8) is 0 Å². The third-order valence-electron chi connectivity index (χ3n) is 3.91. The summed E-state index contributed by atoms with van der Waals surface area (Å²) in [5.41, 5.74) is 0.293. The van der Waals surface area contributed by atoms with Crippen LogP contribution < -0.4 is 10.6 Å². The van der Waals surface area contributed by atoms with Crippen LogP contribution in [0.15, 0.2) is 12.3 Å². The number of nitrogens with one attached hydrogen (secondary N) is 2. The molecule has 21 heavy (non-hydrogen) atoms. The third-order valence-corrected chi connectivity index (χ3v) is 3.91. The van der Waals surface area contributed by atoms with Crippen LogP contribution in [-0.2, 0) is 0 Å². The fourth-order valence-electron chi connectivity index (χ4n) is 2.82. The molecule has 1 aromatic heterocycles. The van der Waals surface area contributed by atoms with Gasteiger partial charge in [0.15, 0.2) is 0 Å². The summed E-state index contributed by atoms with van der Waals surface area (Å²) in [4.78, 5) is 16.4. The van der Waals surface area contributed by atoms with E-state index >= 15 is 0 Å². The molecular formula is C16H24FN3O. The van der Waals surface area contributed by atoms with Crippen molar-refractivity contribution >= 4 is 11.7 Å². The summed E-state index contributed by atoms with van der Waals surface area (Å²) in [6.07, 6.45) is 6.39. The van der Waals surface area contributed by atoms with E-state index in [4.69, 9.17) is 0 Å². The Morgan fingerprint density at radius 1 is 1.48 bits per heavy atom. The first-order valence-corrected chi connectivity index (χ1v) is 7.80. The molecule has 0 radical (unpaired) electrons. The van der Waals surface area contributed by atoms with Crippen molar-refractivity contribution in [2.45, 2.75) is 52.0 Å². The predicted octanol–water partition coefficient (Wildman–Crippen LogP) is 3.35. The maximum atomic E-state index is 13.4. The van der Waals surface area contributed by atoms with Gasteiger partial charge >= 0.3 is 0 Å². The van der Waals surface area contributed by atoms with Crippen molar-refractivity contribution < 1.29 is 9.18 Å². The smallest absolute Gasteiger partial charge is 0.255 e. The molecule has 2 N–H and O–H groups in total. The predicted molar refractivity (Wildman–Crippen MR) is 81.9 cm³/mol. The van der Waals surface area contributed by atoms with Crippen LogP contribution in [0.1, 0.15) is 56.3 Å². The van der Waals surface area contributed by atoms with Crippen LogP contribution in [0, 0.1) is 11.7 Å². The second-order valence-electron chi connectivity index (χ2n) is 5.92. The lowest BCUT2D eigenvalue weighted by molar-refractivity contribution is 0.0921. The van der Waals surface area contributed by atoms with Crippen LogP contribution in [0.3, 0.4) is 0 Å². The Morgan fingerprint density at radius 3 is 3.00 bits per heavy atom. The van der Waals surface area contributed by atoms with Gasteiger partial charge in [-0.3, -0.25) is 4.79 Å². The number of carbonyl (C=O) groups is 1. The van der Waals surface area contributed by atoms with Crippen molar-refractivity contribution in [3.8, 4) is 0 Å². The van der Waals surface area contributed by atoms with Gasteiger partial charge in [-0.15, -0.1) is 0 Å². The first-order chi connectivity index (χ1) is 10.1. The molecule has 1 aliphatic rings. The minimum atomic E-state index is -0.487. The largest absolute Gasteiger partial charge is 0.369 e. The Hall–Kier alpha value is -1.65. The Balaban J connectivity index is 2.08. The molecule has 2 unspecified atom stereocenters. The van der Waals surface area contributed by atoms with Crippen molar-refractivity contribution in [1.29, 1.82) is 0 Å². The van der Waals surface area contributed by atoms with Gasteiger partial charge in [0.25, 0.3) is 5.91 Å². The van der Waals surface area contributed by atoms with Crippen molar-refractivity contribution in [3.05, 3.63) is 23.6 Å². The van der Waals surface area contributed by atoms with Gasteiger partial charge < -0.3 is 10.6 Å². The van der Waals surface area contributed by atoms with Crippen molar-refractivity contribution in [2.24, 2.45) is 5.92 Å². The molecule has 0 spiro atoms. The van der Waals surface area contributed by atoms with Gasteiger partial charge in [0.1, 0.15) is 11.6 Å². The van der Waals surface area contributed by atoms with E-state index in [1.54, 1.807) is 0 Å². The Kier molecular flexibility index (Phi) is 5.53. The Morgan fingerprint density at radius 2 is 2.29 bits per heavy atom. The lowest BCUT2D eigenvalue weighted by Gasteiger charge is -2.27. The van der Waals surface area contributed by atoms with E-state index in [1.165, 1.54) is 12.5 Å². The minimum absolute atomic E-state index is 0.184. The molecule has 0 bridgehead atoms. The first-order valence-electron chi connectivity index (χ1n) is 7.80. The van der Waals surface area contributed by atoms with Crippen LogP contribution >= 0.6 is 0 Å². The zero-order chi connectivity index (χ0) is 15.2. The number of amides is 1. The van der Waals surface area contributed by atoms with E-state index < -0.39 is 5.82 Å². The van der Waals surface area contributed by atoms with Gasteiger partial charge in [-0.05, 0) is 31.2 Å². The zero-order valence-electron chi connectivity index (χ0n) is 12.8. The minimum Gasteiger partial charge on any atom is -0.369 e. The fraction of sp³-hybridized carbons (Fsp3) is 0.625. The van der Waals surface area contributed by atoms with Crippen LogP contribution in [0.5, 0.6) is 0 Å². The number of aromatic nitrogens is 1. The van der Waals surface area contributed by atoms with E-state index in [1.807, 2.05) is 6.92 Å². The molecule has 2 rings (SSSR count). The van der Waals surface area contributed by atoms with Gasteiger partial charge in [-0.25, -0.2) is 9.37 Å². The molecule has 0 aliphatic heterocycles. The van der Waals surface area contributed by atoms with Gasteiger partial charge in [-0.1, -0.05) is 26.7 Å². The Labute approximate surface area is 125 Å². The molecule has 1 heterocycles. The zero-order valence-corrected chi connectivity index (χ0v) is 12.8. The topological polar surface area (TPSA) is 54.0 Å². The van der Waals surface area contributed by atoms with Gasteiger partial charge in [0.05, 0.1) is 11.8 Å². The first kappa shape index (κ1) is 15.7. The van der Waals surface area contributed by atoms with E-state index in [0.29, 0.717) is 23.8 Å². The number of pyridine rings is 1. The monoisotopic (exact) mass is 293 g/mol. The fourth-order valence-corrected chi connectivity index (χ4v) is 2.82. The lowest BCUT2D eigenvalue weighted by Crippen LogP contribution is -2.38. The SMILES string of the molecule is CCCNc1ncc(F)cc1C(=O)NC1CCCC(C)C1. The summed E-state index contributed by atoms with van der Waals surface area (Å²) in [7, 11) is 0. The second kappa shape index (κ2) is 7.38. The van der Waals surface area contributed by atoms with Gasteiger partial charge in [-0.2, -0.15) is 0 Å². The van der Waals surface area contributed by atoms with Crippen LogP contribution in [-0.4, -0.2) is 23.5 Å². The molecule has 2 atom stereocenters. The molecule has 4 nitrogen and oxygen atoms in total. The summed E-state index contributed by atoms with van der Waals surface area (Å²) in [5.74, 6) is 0.367. The number of carbonyl (C=O) groups excluding carboxylic acids is 1. The highest BCUT2D eigenvalue weighted by Crippen LogP contribution is 2.24. The number of nitrogens with zero attached hydrogens (tertiary/aromatic N) is 1. The Bertz CT molecular complexity index is 492. The van der Waals surface area contributed by atoms with E-state index in [0.717, 1.165) is 31.9 Å². The summed E-state index contributed by atoms with van der Waals surface area (Å²) in [6, 6.07) is 1.44. The summed E-state index contributed by atoms with van der Waals surface area (Å²) in [6.45, 7) is 4.94. The molecule has 1 fully saturated rings. The van der Waals surface area contributed by atoms with Gasteiger partial charge in [0, 0.05) is 12.6 Å². The molecule has 0 saturated heterocycles. The lowest BCUT2D eigenvalue weighted by atomic mass is 9.87. The molecule has 1 amide bonds. The highest BCUT2D eigenvalue weighted by molar-refractivity contribution is 5.98. The van der Waals surface area contributed by atoms with Crippen LogP contribution in [0.4, 0.5) is 10.2 Å². The number of hydrogen-bond acceptors (Lipinski definition) is 3. The summed E-state index contributed by atoms with van der Waals surface area (Å²) >= 11 is 0. The van der Waals surface area contributed by atoms with E-state index in [9.17, 15) is 9.18 Å². The number of hydrogen-bond donors (Lipinski definition) is 2. The van der Waals surface area contributed by atoms with E-state index in [-0.39, 0.29) is 11.9 Å². The quantitative estimate of drug-likeness (QED) is 0.875. The summed E-state index contributed by atoms with van der Waals surface area (Å²) in [5, 5.41) is 6.10. The molecule has 1 saturated carbocycles. The second-order valence-corrected chi connectivity index (χ2v) is 5.92. The number of rotatable bonds is 5. The van der Waals surface area contributed by atoms with Crippen LogP contribution in [0.2, 0.25) is 0 Å². The molecule has 116 valence electrons. The molecule has 1 aliphatic carbocycles. The highest BCUT2D eigenvalue weighted by atomic mass is 19.1. The van der Waals surface area contributed by atoms with Crippen molar-refractivity contribution in [1.82, 2.24) is 10.3 Å². The molecule has 5 heteroatoms. The van der Waals surface area contributed by atoms with Crippen LogP contribution in [0.25, 0.3) is 0 Å². The molecule has 1 aromatic rings. The van der Waals surface area contributed by atoms with E-state index in [2.05, 4.69) is 22.5 Å². The maximum Gasteiger partial charge on any atom is 0.255 e. The average Bonchev–Trinajstić information content (AvgIpc) is 2.46. The molecule has 0 aromatic carbocycles. The maximum absolute atomic E-state index is 13.4.